The molecule has 3 rings (SSSR count). The molecule has 1 amide bonds. The van der Waals surface area contributed by atoms with Gasteiger partial charge in [-0.2, -0.15) is 0 Å². The number of esters is 1. The van der Waals surface area contributed by atoms with Crippen molar-refractivity contribution in [3.63, 3.8) is 0 Å². The van der Waals surface area contributed by atoms with Gasteiger partial charge in [0.2, 0.25) is 6.79 Å². The van der Waals surface area contributed by atoms with Crippen LogP contribution in [0.4, 0.5) is 5.69 Å². The maximum Gasteiger partial charge on any atom is 0.342 e. The van der Waals surface area contributed by atoms with E-state index < -0.39 is 18.5 Å². The molecule has 8 heteroatoms. The van der Waals surface area contributed by atoms with Gasteiger partial charge >= 0.3 is 5.97 Å². The van der Waals surface area contributed by atoms with Gasteiger partial charge in [-0.25, -0.2) is 4.79 Å². The zero-order valence-electron chi connectivity index (χ0n) is 12.1. The summed E-state index contributed by atoms with van der Waals surface area (Å²) in [6.45, 7) is 1.28. The third-order valence-electron chi connectivity index (χ3n) is 3.15. The van der Waals surface area contributed by atoms with Gasteiger partial charge in [-0.1, -0.05) is 11.6 Å². The Morgan fingerprint density at radius 2 is 2.04 bits per heavy atom. The van der Waals surface area contributed by atoms with Gasteiger partial charge in [-0.15, -0.1) is 0 Å². The molecule has 0 aliphatic carbocycles. The lowest BCUT2D eigenvalue weighted by atomic mass is 10.2. The van der Waals surface area contributed by atoms with Gasteiger partial charge in [-0.3, -0.25) is 4.79 Å². The van der Waals surface area contributed by atoms with Gasteiger partial charge in [0.05, 0.1) is 17.0 Å². The molecule has 1 N–H and O–H groups in total. The number of aryl methyl sites for hydroxylation is 1. The molecule has 0 bridgehead atoms. The number of hydrogen-bond acceptors (Lipinski definition) is 6. The minimum atomic E-state index is -0.636. The smallest absolute Gasteiger partial charge is 0.342 e. The number of rotatable bonds is 4. The molecule has 0 radical (unpaired) electrons. The van der Waals surface area contributed by atoms with Crippen molar-refractivity contribution in [1.29, 1.82) is 0 Å². The fourth-order valence-electron chi connectivity index (χ4n) is 2.00. The maximum atomic E-state index is 11.9. The number of anilines is 1. The van der Waals surface area contributed by atoms with Crippen LogP contribution in [0.25, 0.3) is 0 Å². The topological polar surface area (TPSA) is 87.0 Å². The van der Waals surface area contributed by atoms with Gasteiger partial charge < -0.3 is 23.9 Å². The van der Waals surface area contributed by atoms with Gasteiger partial charge in [0.15, 0.2) is 18.1 Å². The van der Waals surface area contributed by atoms with Crippen LogP contribution in [0.2, 0.25) is 5.02 Å². The largest absolute Gasteiger partial charge is 0.469 e. The fraction of sp³-hybridized carbons (Fsp3) is 0.200. The zero-order valence-corrected chi connectivity index (χ0v) is 12.8. The molecule has 0 fully saturated rings. The third-order valence-corrected chi connectivity index (χ3v) is 3.46. The predicted molar refractivity (Wildman–Crippen MR) is 79.9 cm³/mol. The molecule has 0 spiro atoms. The van der Waals surface area contributed by atoms with E-state index in [1.807, 2.05) is 0 Å². The third kappa shape index (κ3) is 3.24. The van der Waals surface area contributed by atoms with E-state index >= 15 is 0 Å². The highest BCUT2D eigenvalue weighted by Gasteiger charge is 2.19. The molecule has 1 aliphatic rings. The van der Waals surface area contributed by atoms with E-state index in [1.165, 1.54) is 12.3 Å². The van der Waals surface area contributed by atoms with Crippen molar-refractivity contribution in [2.45, 2.75) is 6.92 Å². The van der Waals surface area contributed by atoms with Crippen LogP contribution in [0.15, 0.2) is 28.9 Å². The molecular formula is C15H12ClNO6. The van der Waals surface area contributed by atoms with Crippen molar-refractivity contribution in [2.75, 3.05) is 18.7 Å². The van der Waals surface area contributed by atoms with Crippen LogP contribution in [-0.2, 0) is 9.53 Å². The zero-order chi connectivity index (χ0) is 16.4. The van der Waals surface area contributed by atoms with Crippen LogP contribution < -0.4 is 14.8 Å². The number of ether oxygens (including phenoxy) is 3. The van der Waals surface area contributed by atoms with E-state index in [9.17, 15) is 9.59 Å². The van der Waals surface area contributed by atoms with Crippen LogP contribution >= 0.6 is 11.6 Å². The summed E-state index contributed by atoms with van der Waals surface area (Å²) < 4.78 is 20.3. The van der Waals surface area contributed by atoms with E-state index in [1.54, 1.807) is 19.1 Å². The maximum absolute atomic E-state index is 11.9. The Labute approximate surface area is 136 Å². The highest BCUT2D eigenvalue weighted by molar-refractivity contribution is 6.34. The van der Waals surface area contributed by atoms with Gasteiger partial charge in [-0.05, 0) is 13.0 Å². The van der Waals surface area contributed by atoms with Crippen LogP contribution in [0.3, 0.4) is 0 Å². The second-order valence-electron chi connectivity index (χ2n) is 4.70. The lowest BCUT2D eigenvalue weighted by molar-refractivity contribution is -0.119. The van der Waals surface area contributed by atoms with Crippen LogP contribution in [-0.4, -0.2) is 25.3 Å². The number of nitrogens with one attached hydrogen (secondary N) is 1. The fourth-order valence-corrected chi connectivity index (χ4v) is 2.21. The lowest BCUT2D eigenvalue weighted by Crippen LogP contribution is -2.21. The first-order valence-electron chi connectivity index (χ1n) is 6.65. The van der Waals surface area contributed by atoms with Crippen molar-refractivity contribution >= 4 is 29.2 Å². The molecule has 0 unspecified atom stereocenters. The average molecular weight is 338 g/mol. The molecule has 2 aromatic rings. The first-order chi connectivity index (χ1) is 11.0. The number of amides is 1. The molecule has 2 heterocycles. The molecule has 7 nitrogen and oxygen atoms in total. The Morgan fingerprint density at radius 1 is 1.30 bits per heavy atom. The second-order valence-corrected chi connectivity index (χ2v) is 5.11. The molecule has 1 aromatic carbocycles. The molecule has 0 saturated heterocycles. The van der Waals surface area contributed by atoms with E-state index in [4.69, 9.17) is 30.2 Å². The summed E-state index contributed by atoms with van der Waals surface area (Å²) in [4.78, 5) is 23.7. The van der Waals surface area contributed by atoms with Crippen molar-refractivity contribution in [2.24, 2.45) is 0 Å². The SMILES string of the molecule is Cc1occc1C(=O)OCC(=O)Nc1cc2c(cc1Cl)OCO2. The summed E-state index contributed by atoms with van der Waals surface area (Å²) in [5.74, 6) is 0.253. The van der Waals surface area contributed by atoms with Crippen LogP contribution in [0.1, 0.15) is 16.1 Å². The summed E-state index contributed by atoms with van der Waals surface area (Å²) in [6, 6.07) is 4.56. The quantitative estimate of drug-likeness (QED) is 0.863. The van der Waals surface area contributed by atoms with E-state index in [-0.39, 0.29) is 12.4 Å². The summed E-state index contributed by atoms with van der Waals surface area (Å²) in [6.07, 6.45) is 1.37. The Morgan fingerprint density at radius 3 is 2.74 bits per heavy atom. The van der Waals surface area contributed by atoms with Crippen LogP contribution in [0.5, 0.6) is 11.5 Å². The van der Waals surface area contributed by atoms with E-state index in [2.05, 4.69) is 5.32 Å². The predicted octanol–water partition coefficient (Wildman–Crippen LogP) is 2.77. The van der Waals surface area contributed by atoms with Gasteiger partial charge in [0.1, 0.15) is 11.3 Å². The minimum Gasteiger partial charge on any atom is -0.469 e. The Balaban J connectivity index is 1.60. The molecule has 1 aromatic heterocycles. The number of fused-ring (bicyclic) bond motifs is 1. The van der Waals surface area contributed by atoms with E-state index in [0.29, 0.717) is 28.0 Å². The summed E-state index contributed by atoms with van der Waals surface area (Å²) in [7, 11) is 0. The standard InChI is InChI=1S/C15H12ClNO6/c1-8-9(2-3-20-8)15(19)21-6-14(18)17-11-5-13-12(4-10(11)16)22-7-23-13/h2-5H,6-7H2,1H3,(H,17,18). The Hall–Kier alpha value is -2.67. The molecule has 120 valence electrons. The summed E-state index contributed by atoms with van der Waals surface area (Å²) >= 11 is 6.05. The Bertz CT molecular complexity index is 769. The highest BCUT2D eigenvalue weighted by atomic mass is 35.5. The minimum absolute atomic E-state index is 0.102. The van der Waals surface area contributed by atoms with Crippen molar-refractivity contribution in [1.82, 2.24) is 0 Å². The number of hydrogen-bond donors (Lipinski definition) is 1. The van der Waals surface area contributed by atoms with E-state index in [0.717, 1.165) is 0 Å². The molecule has 1 aliphatic heterocycles. The van der Waals surface area contributed by atoms with Crippen molar-refractivity contribution in [3.8, 4) is 11.5 Å². The normalized spacial score (nSPS) is 12.1. The number of furan rings is 1. The second kappa shape index (κ2) is 6.21. The highest BCUT2D eigenvalue weighted by Crippen LogP contribution is 2.39. The average Bonchev–Trinajstić information content (AvgIpc) is 3.13. The monoisotopic (exact) mass is 337 g/mol. The van der Waals surface area contributed by atoms with Crippen molar-refractivity contribution < 1.29 is 28.2 Å². The number of carbonyl (C=O) groups is 2. The first kappa shape index (κ1) is 15.2. The van der Waals surface area contributed by atoms with Crippen molar-refractivity contribution in [3.05, 3.63) is 40.8 Å². The summed E-state index contributed by atoms with van der Waals surface area (Å²) in [5, 5.41) is 2.84. The van der Waals surface area contributed by atoms with Gasteiger partial charge in [0.25, 0.3) is 5.91 Å². The first-order valence-corrected chi connectivity index (χ1v) is 7.02. The Kier molecular flexibility index (Phi) is 4.12. The molecule has 0 saturated carbocycles. The lowest BCUT2D eigenvalue weighted by Gasteiger charge is -2.09. The summed E-state index contributed by atoms with van der Waals surface area (Å²) in [5.41, 5.74) is 0.621. The molecular weight excluding hydrogens is 326 g/mol. The van der Waals surface area contributed by atoms with Gasteiger partial charge in [0, 0.05) is 12.1 Å². The number of carbonyl (C=O) groups excluding carboxylic acids is 2. The number of benzene rings is 1. The molecule has 23 heavy (non-hydrogen) atoms. The molecule has 0 atom stereocenters. The number of halogens is 1. The van der Waals surface area contributed by atoms with Crippen LogP contribution in [0, 0.1) is 6.92 Å².